The highest BCUT2D eigenvalue weighted by Gasteiger charge is 2.28. The molecule has 2 aliphatic rings. The molecule has 0 unspecified atom stereocenters. The van der Waals surface area contributed by atoms with E-state index in [4.69, 9.17) is 9.72 Å². The Bertz CT molecular complexity index is 1740. The van der Waals surface area contributed by atoms with Crippen LogP contribution in [0.2, 0.25) is 0 Å². The van der Waals surface area contributed by atoms with Crippen molar-refractivity contribution in [2.24, 2.45) is 11.8 Å². The van der Waals surface area contributed by atoms with Gasteiger partial charge < -0.3 is 15.0 Å². The van der Waals surface area contributed by atoms with Crippen molar-refractivity contribution in [1.29, 1.82) is 0 Å². The molecule has 2 N–H and O–H groups in total. The SMILES string of the molecule is Cc1cccc(-c2[nH]cnc2-c2ccc3ncc(-c4ccc(CN5CCC[C@@H](C(=O)OCC6CNC6)C5)cc4)cc3c2)n1. The molecule has 7 rings (SSSR count). The Morgan fingerprint density at radius 1 is 1.00 bits per heavy atom. The van der Waals surface area contributed by atoms with Gasteiger partial charge in [-0.25, -0.2) is 4.98 Å². The van der Waals surface area contributed by atoms with Gasteiger partial charge in [0.15, 0.2) is 0 Å². The van der Waals surface area contributed by atoms with Crippen molar-refractivity contribution in [2.45, 2.75) is 26.3 Å². The summed E-state index contributed by atoms with van der Waals surface area (Å²) in [6.45, 7) is 7.04. The fourth-order valence-electron chi connectivity index (χ4n) is 6.06. The van der Waals surface area contributed by atoms with Crippen molar-refractivity contribution in [3.63, 3.8) is 0 Å². The van der Waals surface area contributed by atoms with Crippen LogP contribution < -0.4 is 5.32 Å². The van der Waals surface area contributed by atoms with Gasteiger partial charge in [-0.3, -0.25) is 19.7 Å². The molecule has 0 saturated carbocycles. The van der Waals surface area contributed by atoms with E-state index in [0.717, 1.165) is 95.9 Å². The molecule has 3 aromatic heterocycles. The minimum Gasteiger partial charge on any atom is -0.465 e. The van der Waals surface area contributed by atoms with E-state index in [-0.39, 0.29) is 11.9 Å². The quantitative estimate of drug-likeness (QED) is 0.233. The number of piperidine rings is 1. The summed E-state index contributed by atoms with van der Waals surface area (Å²) in [5.41, 5.74) is 9.02. The minimum atomic E-state index is -0.0331. The number of hydrogen-bond donors (Lipinski definition) is 2. The van der Waals surface area contributed by atoms with Crippen LogP contribution in [0.5, 0.6) is 0 Å². The van der Waals surface area contributed by atoms with E-state index in [1.807, 2.05) is 37.4 Å². The molecule has 5 heterocycles. The number of hydrogen-bond acceptors (Lipinski definition) is 7. The predicted molar refractivity (Wildman–Crippen MR) is 168 cm³/mol. The van der Waals surface area contributed by atoms with Crippen molar-refractivity contribution in [1.82, 2.24) is 30.2 Å². The van der Waals surface area contributed by atoms with Crippen LogP contribution in [0.1, 0.15) is 24.1 Å². The summed E-state index contributed by atoms with van der Waals surface area (Å²) in [5.74, 6) is 0.419. The molecule has 8 nitrogen and oxygen atoms in total. The summed E-state index contributed by atoms with van der Waals surface area (Å²) in [6, 6.07) is 23.2. The monoisotopic (exact) mass is 572 g/mol. The second kappa shape index (κ2) is 12.1. The highest BCUT2D eigenvalue weighted by atomic mass is 16.5. The number of rotatable bonds is 8. The third-order valence-corrected chi connectivity index (χ3v) is 8.60. The number of aryl methyl sites for hydroxylation is 1. The topological polar surface area (TPSA) is 96.0 Å². The normalized spacial score (nSPS) is 17.6. The maximum absolute atomic E-state index is 12.6. The van der Waals surface area contributed by atoms with Crippen LogP contribution in [-0.4, -0.2) is 63.6 Å². The van der Waals surface area contributed by atoms with E-state index < -0.39 is 0 Å². The third-order valence-electron chi connectivity index (χ3n) is 8.60. The third kappa shape index (κ3) is 6.07. The summed E-state index contributed by atoms with van der Waals surface area (Å²) in [5, 5.41) is 4.29. The first-order chi connectivity index (χ1) is 21.1. The molecule has 218 valence electrons. The zero-order valence-electron chi connectivity index (χ0n) is 24.4. The van der Waals surface area contributed by atoms with E-state index in [2.05, 4.69) is 67.6 Å². The molecule has 0 radical (unpaired) electrons. The Morgan fingerprint density at radius 3 is 2.65 bits per heavy atom. The number of benzene rings is 2. The molecule has 2 aromatic carbocycles. The van der Waals surface area contributed by atoms with Crippen LogP contribution in [0.4, 0.5) is 0 Å². The number of H-pyrrole nitrogens is 1. The Kier molecular flexibility index (Phi) is 7.70. The Balaban J connectivity index is 1.04. The predicted octanol–water partition coefficient (Wildman–Crippen LogP) is 5.64. The van der Waals surface area contributed by atoms with Crippen LogP contribution >= 0.6 is 0 Å². The average Bonchev–Trinajstić information content (AvgIpc) is 3.51. The fraction of sp³-hybridized carbons (Fsp3) is 0.314. The van der Waals surface area contributed by atoms with E-state index in [9.17, 15) is 4.79 Å². The van der Waals surface area contributed by atoms with Crippen LogP contribution in [0.15, 0.2) is 79.3 Å². The maximum atomic E-state index is 12.6. The molecular formula is C35H36N6O2. The highest BCUT2D eigenvalue weighted by molar-refractivity contribution is 5.89. The summed E-state index contributed by atoms with van der Waals surface area (Å²) in [7, 11) is 0. The van der Waals surface area contributed by atoms with Gasteiger partial charge in [0.25, 0.3) is 0 Å². The lowest BCUT2D eigenvalue weighted by Gasteiger charge is -2.32. The molecule has 0 bridgehead atoms. The number of likely N-dealkylation sites (tertiary alicyclic amines) is 1. The first-order valence-corrected chi connectivity index (χ1v) is 15.2. The van der Waals surface area contributed by atoms with Gasteiger partial charge in [0.05, 0.1) is 41.5 Å². The Morgan fingerprint density at radius 2 is 1.84 bits per heavy atom. The number of aromatic amines is 1. The van der Waals surface area contributed by atoms with Crippen molar-refractivity contribution < 1.29 is 9.53 Å². The molecular weight excluding hydrogens is 536 g/mol. The van der Waals surface area contributed by atoms with Crippen molar-refractivity contribution in [2.75, 3.05) is 32.8 Å². The van der Waals surface area contributed by atoms with Gasteiger partial charge in [-0.15, -0.1) is 0 Å². The van der Waals surface area contributed by atoms with Crippen LogP contribution in [0.3, 0.4) is 0 Å². The first kappa shape index (κ1) is 27.4. The van der Waals surface area contributed by atoms with Gasteiger partial charge in [0, 0.05) is 60.5 Å². The average molecular weight is 573 g/mol. The van der Waals surface area contributed by atoms with Gasteiger partial charge in [-0.05, 0) is 67.8 Å². The standard InChI is InChI=1S/C35H36N6O2/c1-23-4-2-6-32(40-23)34-33(38-22-39-34)27-11-12-31-29(14-27)15-30(18-37-31)26-9-7-24(8-10-26)19-41-13-3-5-28(20-41)35(42)43-21-25-16-36-17-25/h2,4,6-12,14-15,18,22,25,28,36H,3,5,13,16-17,19-21H2,1H3,(H,38,39)/t28-/m1/s1. The van der Waals surface area contributed by atoms with E-state index >= 15 is 0 Å². The number of carbonyl (C=O) groups excluding carboxylic acids is 1. The lowest BCUT2D eigenvalue weighted by molar-refractivity contribution is -0.152. The van der Waals surface area contributed by atoms with Gasteiger partial charge >= 0.3 is 5.97 Å². The number of carbonyl (C=O) groups is 1. The molecule has 0 spiro atoms. The highest BCUT2D eigenvalue weighted by Crippen LogP contribution is 2.31. The number of ether oxygens (including phenoxy) is 1. The first-order valence-electron chi connectivity index (χ1n) is 15.2. The Labute approximate surface area is 251 Å². The number of pyridine rings is 2. The number of nitrogens with zero attached hydrogens (tertiary/aromatic N) is 4. The maximum Gasteiger partial charge on any atom is 0.310 e. The lowest BCUT2D eigenvalue weighted by Crippen LogP contribution is -2.45. The van der Waals surface area contributed by atoms with Crippen molar-refractivity contribution in [3.05, 3.63) is 90.5 Å². The number of esters is 1. The molecule has 5 aromatic rings. The summed E-state index contributed by atoms with van der Waals surface area (Å²) >= 11 is 0. The largest absolute Gasteiger partial charge is 0.465 e. The number of imidazole rings is 1. The van der Waals surface area contributed by atoms with Gasteiger partial charge in [0.2, 0.25) is 0 Å². The Hall–Kier alpha value is -4.40. The van der Waals surface area contributed by atoms with Crippen LogP contribution in [0.25, 0.3) is 44.7 Å². The number of fused-ring (bicyclic) bond motifs is 1. The van der Waals surface area contributed by atoms with Crippen LogP contribution in [0, 0.1) is 18.8 Å². The van der Waals surface area contributed by atoms with Crippen molar-refractivity contribution >= 4 is 16.9 Å². The minimum absolute atomic E-state index is 0.0276. The van der Waals surface area contributed by atoms with Crippen molar-refractivity contribution in [3.8, 4) is 33.8 Å². The fourth-order valence-corrected chi connectivity index (χ4v) is 6.06. The van der Waals surface area contributed by atoms with Gasteiger partial charge in [-0.1, -0.05) is 36.4 Å². The zero-order valence-corrected chi connectivity index (χ0v) is 24.4. The number of nitrogens with one attached hydrogen (secondary N) is 2. The van der Waals surface area contributed by atoms with E-state index in [1.54, 1.807) is 6.33 Å². The van der Waals surface area contributed by atoms with E-state index in [1.165, 1.54) is 5.56 Å². The summed E-state index contributed by atoms with van der Waals surface area (Å²) in [6.07, 6.45) is 5.60. The smallest absolute Gasteiger partial charge is 0.310 e. The summed E-state index contributed by atoms with van der Waals surface area (Å²) < 4.78 is 5.62. The second-order valence-corrected chi connectivity index (χ2v) is 11.8. The molecule has 1 atom stereocenters. The molecule has 2 fully saturated rings. The second-order valence-electron chi connectivity index (χ2n) is 11.8. The molecule has 0 amide bonds. The van der Waals surface area contributed by atoms with Gasteiger partial charge in [-0.2, -0.15) is 0 Å². The van der Waals surface area contributed by atoms with Gasteiger partial charge in [0.1, 0.15) is 0 Å². The van der Waals surface area contributed by atoms with Crippen LogP contribution in [-0.2, 0) is 16.1 Å². The number of aromatic nitrogens is 4. The molecule has 8 heteroatoms. The lowest BCUT2D eigenvalue weighted by atomic mass is 9.97. The van der Waals surface area contributed by atoms with E-state index in [0.29, 0.717) is 12.5 Å². The molecule has 0 aliphatic carbocycles. The molecule has 2 saturated heterocycles. The molecule has 2 aliphatic heterocycles. The zero-order chi connectivity index (χ0) is 29.2. The summed E-state index contributed by atoms with van der Waals surface area (Å²) in [4.78, 5) is 32.3. The molecule has 43 heavy (non-hydrogen) atoms.